The number of rotatable bonds is 6. The molecule has 0 aliphatic heterocycles. The second-order valence-corrected chi connectivity index (χ2v) is 7.27. The van der Waals surface area contributed by atoms with Crippen molar-refractivity contribution in [3.8, 4) is 22.4 Å². The van der Waals surface area contributed by atoms with E-state index < -0.39 is 12.1 Å². The minimum Gasteiger partial charge on any atom is -0.478 e. The van der Waals surface area contributed by atoms with E-state index in [1.54, 1.807) is 38.1 Å². The Morgan fingerprint density at radius 3 is 2.06 bits per heavy atom. The molecule has 7 nitrogen and oxygen atoms in total. The van der Waals surface area contributed by atoms with Gasteiger partial charge in [0.15, 0.2) is 5.76 Å². The minimum atomic E-state index is -0.963. The summed E-state index contributed by atoms with van der Waals surface area (Å²) in [6, 6.07) is 23.5. The number of carbonyl (C=O) groups is 2. The predicted molar refractivity (Wildman–Crippen MR) is 125 cm³/mol. The predicted octanol–water partition coefficient (Wildman–Crippen LogP) is 6.31. The molecule has 0 aliphatic rings. The normalized spacial score (nSPS) is 10.6. The van der Waals surface area contributed by atoms with Crippen molar-refractivity contribution in [1.29, 1.82) is 0 Å². The van der Waals surface area contributed by atoms with Crippen LogP contribution in [0.15, 0.2) is 83.4 Å². The fraction of sp³-hybridized carbons (Fsp3) is 0.115. The Labute approximate surface area is 190 Å². The van der Waals surface area contributed by atoms with Crippen LogP contribution in [-0.2, 0) is 4.74 Å². The number of carboxylic acids is 1. The number of benzene rings is 3. The molecule has 7 heteroatoms. The van der Waals surface area contributed by atoms with Crippen LogP contribution in [0.2, 0.25) is 0 Å². The second kappa shape index (κ2) is 9.40. The van der Waals surface area contributed by atoms with Crippen LogP contribution in [0.25, 0.3) is 22.4 Å². The lowest BCUT2D eigenvalue weighted by Gasteiger charge is -2.22. The van der Waals surface area contributed by atoms with Crippen LogP contribution in [-0.4, -0.2) is 28.9 Å². The SMILES string of the molecule is CCOC(=O)N(c1ccccc1)c1c(-c2ccc(-c3ccc(C(=O)O)cc3)cc2)noc1C. The van der Waals surface area contributed by atoms with E-state index in [1.807, 2.05) is 54.6 Å². The van der Waals surface area contributed by atoms with Gasteiger partial charge in [0.2, 0.25) is 0 Å². The molecule has 1 N–H and O–H groups in total. The molecule has 33 heavy (non-hydrogen) atoms. The standard InChI is InChI=1S/C26H22N2O5/c1-3-32-26(31)28(22-7-5-4-6-8-22)24-17(2)33-27-23(24)20-13-9-18(10-14-20)19-11-15-21(16-12-19)25(29)30/h4-16H,3H2,1-2H3,(H,29,30). The Morgan fingerprint density at radius 1 is 0.909 bits per heavy atom. The van der Waals surface area contributed by atoms with Crippen LogP contribution >= 0.6 is 0 Å². The molecule has 166 valence electrons. The number of para-hydroxylation sites is 1. The average molecular weight is 442 g/mol. The van der Waals surface area contributed by atoms with Gasteiger partial charge in [-0.25, -0.2) is 14.5 Å². The van der Waals surface area contributed by atoms with Gasteiger partial charge in [-0.15, -0.1) is 0 Å². The van der Waals surface area contributed by atoms with Crippen molar-refractivity contribution in [2.75, 3.05) is 11.5 Å². The average Bonchev–Trinajstić information content (AvgIpc) is 3.21. The summed E-state index contributed by atoms with van der Waals surface area (Å²) in [7, 11) is 0. The number of hydrogen-bond donors (Lipinski definition) is 1. The molecule has 0 spiro atoms. The molecule has 0 aliphatic carbocycles. The van der Waals surface area contributed by atoms with E-state index >= 15 is 0 Å². The summed E-state index contributed by atoms with van der Waals surface area (Å²) in [5, 5.41) is 13.3. The number of aryl methyl sites for hydroxylation is 1. The first-order chi connectivity index (χ1) is 16.0. The van der Waals surface area contributed by atoms with Crippen molar-refractivity contribution in [3.63, 3.8) is 0 Å². The molecule has 0 saturated carbocycles. The molecule has 3 aromatic carbocycles. The van der Waals surface area contributed by atoms with E-state index in [0.29, 0.717) is 22.8 Å². The van der Waals surface area contributed by atoms with Gasteiger partial charge < -0.3 is 14.4 Å². The number of aromatic carboxylic acids is 1. The Hall–Kier alpha value is -4.39. The molecule has 1 heterocycles. The van der Waals surface area contributed by atoms with Gasteiger partial charge in [-0.3, -0.25) is 0 Å². The van der Waals surface area contributed by atoms with E-state index in [1.165, 1.54) is 4.90 Å². The molecule has 1 amide bonds. The smallest absolute Gasteiger partial charge is 0.419 e. The highest BCUT2D eigenvalue weighted by Crippen LogP contribution is 2.38. The zero-order valence-corrected chi connectivity index (χ0v) is 18.2. The first-order valence-electron chi connectivity index (χ1n) is 10.4. The molecule has 0 bridgehead atoms. The van der Waals surface area contributed by atoms with Gasteiger partial charge in [0.25, 0.3) is 0 Å². The third kappa shape index (κ3) is 4.48. The topological polar surface area (TPSA) is 92.9 Å². The monoisotopic (exact) mass is 442 g/mol. The maximum Gasteiger partial charge on any atom is 0.419 e. The molecule has 1 aromatic heterocycles. The van der Waals surface area contributed by atoms with E-state index in [2.05, 4.69) is 5.16 Å². The van der Waals surface area contributed by atoms with Crippen LogP contribution in [0.5, 0.6) is 0 Å². The zero-order chi connectivity index (χ0) is 23.4. The lowest BCUT2D eigenvalue weighted by molar-refractivity contribution is 0.0697. The van der Waals surface area contributed by atoms with E-state index in [9.17, 15) is 9.59 Å². The lowest BCUT2D eigenvalue weighted by atomic mass is 10.0. The van der Waals surface area contributed by atoms with Gasteiger partial charge in [0.1, 0.15) is 11.4 Å². The quantitative estimate of drug-likeness (QED) is 0.376. The third-order valence-electron chi connectivity index (χ3n) is 5.14. The Bertz CT molecular complexity index is 1260. The highest BCUT2D eigenvalue weighted by Gasteiger charge is 2.28. The summed E-state index contributed by atoms with van der Waals surface area (Å²) in [4.78, 5) is 25.4. The van der Waals surface area contributed by atoms with Gasteiger partial charge in [-0.1, -0.05) is 59.8 Å². The fourth-order valence-electron chi connectivity index (χ4n) is 3.54. The summed E-state index contributed by atoms with van der Waals surface area (Å²) in [5.41, 5.74) is 4.47. The van der Waals surface area contributed by atoms with Crippen LogP contribution in [0, 0.1) is 6.92 Å². The second-order valence-electron chi connectivity index (χ2n) is 7.27. The van der Waals surface area contributed by atoms with Crippen molar-refractivity contribution in [2.24, 2.45) is 0 Å². The Balaban J connectivity index is 1.72. The molecule has 4 aromatic rings. The number of aromatic nitrogens is 1. The first-order valence-corrected chi connectivity index (χ1v) is 10.4. The first kappa shape index (κ1) is 21.8. The number of carboxylic acid groups (broad SMARTS) is 1. The van der Waals surface area contributed by atoms with Crippen molar-refractivity contribution >= 4 is 23.4 Å². The van der Waals surface area contributed by atoms with E-state index in [4.69, 9.17) is 14.4 Å². The molecule has 0 atom stereocenters. The van der Waals surface area contributed by atoms with Gasteiger partial charge in [0, 0.05) is 5.56 Å². The van der Waals surface area contributed by atoms with Crippen LogP contribution < -0.4 is 4.90 Å². The highest BCUT2D eigenvalue weighted by atomic mass is 16.6. The van der Waals surface area contributed by atoms with Crippen LogP contribution in [0.1, 0.15) is 23.0 Å². The largest absolute Gasteiger partial charge is 0.478 e. The minimum absolute atomic E-state index is 0.233. The summed E-state index contributed by atoms with van der Waals surface area (Å²) in [6.07, 6.45) is -0.522. The van der Waals surface area contributed by atoms with Crippen molar-refractivity contribution in [1.82, 2.24) is 5.16 Å². The number of anilines is 2. The number of carbonyl (C=O) groups excluding carboxylic acids is 1. The highest BCUT2D eigenvalue weighted by molar-refractivity contribution is 6.00. The number of nitrogens with zero attached hydrogens (tertiary/aromatic N) is 2. The maximum absolute atomic E-state index is 12.9. The van der Waals surface area contributed by atoms with Gasteiger partial charge in [0.05, 0.1) is 17.9 Å². The van der Waals surface area contributed by atoms with Crippen molar-refractivity contribution < 1.29 is 24.0 Å². The van der Waals surface area contributed by atoms with Gasteiger partial charge >= 0.3 is 12.1 Å². The van der Waals surface area contributed by atoms with Crippen molar-refractivity contribution in [2.45, 2.75) is 13.8 Å². The summed E-state index contributed by atoms with van der Waals surface area (Å²) >= 11 is 0. The lowest BCUT2D eigenvalue weighted by Crippen LogP contribution is -2.27. The summed E-state index contributed by atoms with van der Waals surface area (Å²) in [6.45, 7) is 3.74. The van der Waals surface area contributed by atoms with Crippen molar-refractivity contribution in [3.05, 3.63) is 90.2 Å². The van der Waals surface area contributed by atoms with Crippen LogP contribution in [0.4, 0.5) is 16.2 Å². The number of ether oxygens (including phenoxy) is 1. The van der Waals surface area contributed by atoms with Gasteiger partial charge in [-0.2, -0.15) is 0 Å². The summed E-state index contributed by atoms with van der Waals surface area (Å²) in [5.74, 6) is -0.481. The Morgan fingerprint density at radius 2 is 1.48 bits per heavy atom. The number of hydrogen-bond acceptors (Lipinski definition) is 5. The number of amides is 1. The zero-order valence-electron chi connectivity index (χ0n) is 18.2. The molecule has 0 fully saturated rings. The van der Waals surface area contributed by atoms with Crippen LogP contribution in [0.3, 0.4) is 0 Å². The van der Waals surface area contributed by atoms with E-state index in [0.717, 1.165) is 16.7 Å². The van der Waals surface area contributed by atoms with E-state index in [-0.39, 0.29) is 12.2 Å². The molecule has 0 radical (unpaired) electrons. The third-order valence-corrected chi connectivity index (χ3v) is 5.14. The molecular formula is C26H22N2O5. The molecule has 4 rings (SSSR count). The molecule has 0 unspecified atom stereocenters. The van der Waals surface area contributed by atoms with Gasteiger partial charge in [-0.05, 0) is 49.2 Å². The molecular weight excluding hydrogens is 420 g/mol. The Kier molecular flexibility index (Phi) is 6.22. The maximum atomic E-state index is 12.9. The fourth-order valence-corrected chi connectivity index (χ4v) is 3.54. The summed E-state index contributed by atoms with van der Waals surface area (Å²) < 4.78 is 10.8. The molecule has 0 saturated heterocycles.